The van der Waals surface area contributed by atoms with Crippen molar-refractivity contribution in [2.45, 2.75) is 38.6 Å². The number of rotatable bonds is 6. The fraction of sp³-hybridized carbons (Fsp3) is 0.650. The lowest BCUT2D eigenvalue weighted by Gasteiger charge is -2.37. The average molecular weight is 345 g/mol. The van der Waals surface area contributed by atoms with Crippen LogP contribution in [0.25, 0.3) is 0 Å². The van der Waals surface area contributed by atoms with Crippen molar-refractivity contribution in [3.8, 4) is 5.75 Å². The van der Waals surface area contributed by atoms with Crippen LogP contribution >= 0.6 is 0 Å². The van der Waals surface area contributed by atoms with Crippen LogP contribution in [-0.4, -0.2) is 68.1 Å². The van der Waals surface area contributed by atoms with Crippen molar-refractivity contribution in [2.75, 3.05) is 46.4 Å². The molecular formula is C20H31N3O2. The lowest BCUT2D eigenvalue weighted by atomic mass is 9.87. The van der Waals surface area contributed by atoms with Crippen molar-refractivity contribution in [2.24, 2.45) is 0 Å². The molecule has 1 aliphatic carbocycles. The highest BCUT2D eigenvalue weighted by atomic mass is 16.5. The van der Waals surface area contributed by atoms with E-state index in [4.69, 9.17) is 4.74 Å². The van der Waals surface area contributed by atoms with Gasteiger partial charge in [0.2, 0.25) is 5.91 Å². The Balaban J connectivity index is 1.68. The van der Waals surface area contributed by atoms with E-state index >= 15 is 0 Å². The molecule has 1 aromatic rings. The molecule has 1 N–H and O–H groups in total. The Labute approximate surface area is 151 Å². The Morgan fingerprint density at radius 1 is 1.32 bits per heavy atom. The second-order valence-electron chi connectivity index (χ2n) is 7.14. The average Bonchev–Trinajstić information content (AvgIpc) is 2.66. The summed E-state index contributed by atoms with van der Waals surface area (Å²) in [6, 6.07) is 6.68. The molecule has 3 rings (SSSR count). The first kappa shape index (κ1) is 18.2. The van der Waals surface area contributed by atoms with Crippen molar-refractivity contribution in [1.29, 1.82) is 0 Å². The number of nitrogens with zero attached hydrogens (tertiary/aromatic N) is 2. The molecular weight excluding hydrogens is 314 g/mol. The number of methoxy groups -OCH3 is 1. The highest BCUT2D eigenvalue weighted by Crippen LogP contribution is 2.28. The molecule has 0 radical (unpaired) electrons. The molecule has 0 bridgehead atoms. The molecule has 1 fully saturated rings. The van der Waals surface area contributed by atoms with Gasteiger partial charge in [0.15, 0.2) is 0 Å². The Bertz CT molecular complexity index is 584. The third kappa shape index (κ3) is 4.53. The Hall–Kier alpha value is -1.59. The van der Waals surface area contributed by atoms with Gasteiger partial charge in [-0.1, -0.05) is 13.0 Å². The van der Waals surface area contributed by atoms with Gasteiger partial charge in [0, 0.05) is 38.8 Å². The van der Waals surface area contributed by atoms with Crippen molar-refractivity contribution in [3.63, 3.8) is 0 Å². The second-order valence-corrected chi connectivity index (χ2v) is 7.14. The maximum atomic E-state index is 13.0. The quantitative estimate of drug-likeness (QED) is 0.852. The number of nitrogens with one attached hydrogen (secondary N) is 1. The van der Waals surface area contributed by atoms with Crippen LogP contribution in [0, 0.1) is 0 Å². The molecule has 0 saturated carbocycles. The topological polar surface area (TPSA) is 44.8 Å². The van der Waals surface area contributed by atoms with Gasteiger partial charge in [0.25, 0.3) is 0 Å². The molecule has 138 valence electrons. The number of piperazine rings is 1. The predicted molar refractivity (Wildman–Crippen MR) is 100 cm³/mol. The van der Waals surface area contributed by atoms with Crippen molar-refractivity contribution < 1.29 is 9.53 Å². The van der Waals surface area contributed by atoms with E-state index in [9.17, 15) is 4.79 Å². The molecule has 0 aromatic heterocycles. The predicted octanol–water partition coefficient (Wildman–Crippen LogP) is 1.70. The molecule has 1 heterocycles. The number of hydrogen-bond acceptors (Lipinski definition) is 4. The number of ether oxygens (including phenoxy) is 1. The molecule has 5 heteroatoms. The van der Waals surface area contributed by atoms with Crippen LogP contribution in [0.4, 0.5) is 0 Å². The minimum absolute atomic E-state index is 0.292. The van der Waals surface area contributed by atoms with E-state index in [1.807, 2.05) is 6.07 Å². The van der Waals surface area contributed by atoms with E-state index in [0.717, 1.165) is 64.2 Å². The Morgan fingerprint density at radius 2 is 2.12 bits per heavy atom. The zero-order valence-corrected chi connectivity index (χ0v) is 15.6. The van der Waals surface area contributed by atoms with Gasteiger partial charge < -0.3 is 15.0 Å². The van der Waals surface area contributed by atoms with Crippen molar-refractivity contribution in [3.05, 3.63) is 29.3 Å². The number of carbonyl (C=O) groups is 1. The van der Waals surface area contributed by atoms with Crippen LogP contribution in [-0.2, 0) is 17.6 Å². The van der Waals surface area contributed by atoms with E-state index in [1.165, 1.54) is 11.1 Å². The standard InChI is InChI=1S/C20H31N3O2/c1-3-10-23(20(24)15-22-11-8-21-9-12-22)18-6-4-16-5-7-19(25-2)14-17(16)13-18/h5,7,14,18,21H,3-4,6,8-13,15H2,1-2H3. The Morgan fingerprint density at radius 3 is 2.84 bits per heavy atom. The van der Waals surface area contributed by atoms with Crippen LogP contribution in [0.1, 0.15) is 30.9 Å². The maximum Gasteiger partial charge on any atom is 0.237 e. The lowest BCUT2D eigenvalue weighted by molar-refractivity contribution is -0.135. The van der Waals surface area contributed by atoms with E-state index in [2.05, 4.69) is 34.2 Å². The number of benzene rings is 1. The van der Waals surface area contributed by atoms with Gasteiger partial charge in [-0.2, -0.15) is 0 Å². The number of fused-ring (bicyclic) bond motifs is 1. The third-order valence-corrected chi connectivity index (χ3v) is 5.41. The number of aryl methyl sites for hydroxylation is 1. The van der Waals surface area contributed by atoms with E-state index in [0.29, 0.717) is 18.5 Å². The monoisotopic (exact) mass is 345 g/mol. The van der Waals surface area contributed by atoms with E-state index in [-0.39, 0.29) is 0 Å². The summed E-state index contributed by atoms with van der Waals surface area (Å²) in [6.45, 7) is 7.48. The van der Waals surface area contributed by atoms with Gasteiger partial charge >= 0.3 is 0 Å². The van der Waals surface area contributed by atoms with Crippen LogP contribution in [0.3, 0.4) is 0 Å². The molecule has 1 unspecified atom stereocenters. The first-order chi connectivity index (χ1) is 12.2. The summed E-state index contributed by atoms with van der Waals surface area (Å²) in [4.78, 5) is 17.4. The summed E-state index contributed by atoms with van der Waals surface area (Å²) >= 11 is 0. The van der Waals surface area contributed by atoms with Crippen molar-refractivity contribution in [1.82, 2.24) is 15.1 Å². The second kappa shape index (κ2) is 8.68. The number of carbonyl (C=O) groups excluding carboxylic acids is 1. The molecule has 25 heavy (non-hydrogen) atoms. The summed E-state index contributed by atoms with van der Waals surface area (Å²) in [7, 11) is 1.71. The molecule has 1 aromatic carbocycles. The zero-order valence-electron chi connectivity index (χ0n) is 15.6. The third-order valence-electron chi connectivity index (χ3n) is 5.41. The van der Waals surface area contributed by atoms with Crippen LogP contribution in [0.2, 0.25) is 0 Å². The molecule has 1 aliphatic heterocycles. The molecule has 1 amide bonds. The minimum Gasteiger partial charge on any atom is -0.497 e. The van der Waals surface area contributed by atoms with Gasteiger partial charge in [-0.3, -0.25) is 9.69 Å². The summed E-state index contributed by atoms with van der Waals surface area (Å²) in [5.41, 5.74) is 2.75. The largest absolute Gasteiger partial charge is 0.497 e. The summed E-state index contributed by atoms with van der Waals surface area (Å²) in [5, 5.41) is 3.35. The van der Waals surface area contributed by atoms with Gasteiger partial charge in [0.05, 0.1) is 13.7 Å². The normalized spacial score (nSPS) is 20.8. The lowest BCUT2D eigenvalue weighted by Crippen LogP contribution is -2.51. The fourth-order valence-electron chi connectivity index (χ4n) is 4.01. The summed E-state index contributed by atoms with van der Waals surface area (Å²) < 4.78 is 5.38. The molecule has 5 nitrogen and oxygen atoms in total. The number of amides is 1. The van der Waals surface area contributed by atoms with Crippen LogP contribution in [0.15, 0.2) is 18.2 Å². The minimum atomic E-state index is 0.292. The van der Waals surface area contributed by atoms with E-state index in [1.54, 1.807) is 7.11 Å². The SMILES string of the molecule is CCCN(C(=O)CN1CCNCC1)C1CCc2ccc(OC)cc2C1. The zero-order chi connectivity index (χ0) is 17.6. The highest BCUT2D eigenvalue weighted by Gasteiger charge is 2.28. The van der Waals surface area contributed by atoms with Gasteiger partial charge in [-0.05, 0) is 48.9 Å². The summed E-state index contributed by atoms with van der Waals surface area (Å²) in [5.74, 6) is 1.20. The molecule has 0 spiro atoms. The van der Waals surface area contributed by atoms with Crippen LogP contribution in [0.5, 0.6) is 5.75 Å². The van der Waals surface area contributed by atoms with Gasteiger partial charge in [-0.15, -0.1) is 0 Å². The highest BCUT2D eigenvalue weighted by molar-refractivity contribution is 5.78. The van der Waals surface area contributed by atoms with Gasteiger partial charge in [-0.25, -0.2) is 0 Å². The molecule has 1 atom stereocenters. The number of hydrogen-bond donors (Lipinski definition) is 1. The van der Waals surface area contributed by atoms with Gasteiger partial charge in [0.1, 0.15) is 5.75 Å². The van der Waals surface area contributed by atoms with Crippen molar-refractivity contribution >= 4 is 5.91 Å². The molecule has 2 aliphatic rings. The Kier molecular flexibility index (Phi) is 6.32. The van der Waals surface area contributed by atoms with Crippen LogP contribution < -0.4 is 10.1 Å². The smallest absolute Gasteiger partial charge is 0.237 e. The first-order valence-corrected chi connectivity index (χ1v) is 9.59. The van der Waals surface area contributed by atoms with E-state index < -0.39 is 0 Å². The fourth-order valence-corrected chi connectivity index (χ4v) is 4.01. The first-order valence-electron chi connectivity index (χ1n) is 9.59. The summed E-state index contributed by atoms with van der Waals surface area (Å²) in [6.07, 6.45) is 4.06. The maximum absolute atomic E-state index is 13.0. The molecule has 1 saturated heterocycles.